The number of aryl methyl sites for hydroxylation is 4. The molecule has 0 radical (unpaired) electrons. The maximum absolute atomic E-state index is 12.3. The van der Waals surface area contributed by atoms with Crippen LogP contribution in [0, 0.1) is 0 Å². The lowest BCUT2D eigenvalue weighted by Crippen LogP contribution is -2.44. The third kappa shape index (κ3) is 18.5. The van der Waals surface area contributed by atoms with Crippen LogP contribution in [-0.2, 0) is 35.9 Å². The first kappa shape index (κ1) is 75.0. The number of urea groups is 4. The number of nitrogen functional groups attached to an aromatic ring is 4. The van der Waals surface area contributed by atoms with Crippen molar-refractivity contribution < 1.29 is 28.8 Å². The number of hydrogen-bond donors (Lipinski definition) is 13. The lowest BCUT2D eigenvalue weighted by molar-refractivity contribution is -0.128. The number of fused-ring (bicyclic) bond motifs is 4. The topological polar surface area (TPSA) is 453 Å². The summed E-state index contributed by atoms with van der Waals surface area (Å²) < 4.78 is 1.70. The summed E-state index contributed by atoms with van der Waals surface area (Å²) in [6.45, 7) is 12.2. The van der Waals surface area contributed by atoms with Crippen molar-refractivity contribution in [2.24, 2.45) is 12.8 Å². The zero-order valence-electron chi connectivity index (χ0n) is 60.0. The lowest BCUT2D eigenvalue weighted by atomic mass is 10.0. The van der Waals surface area contributed by atoms with Gasteiger partial charge in [-0.1, -0.05) is 93.6 Å². The molecule has 0 aliphatic carbocycles. The van der Waals surface area contributed by atoms with Gasteiger partial charge in [-0.15, -0.1) is 0 Å². The van der Waals surface area contributed by atoms with Gasteiger partial charge in [-0.3, -0.25) is 35.5 Å². The summed E-state index contributed by atoms with van der Waals surface area (Å²) in [4.78, 5) is 107. The summed E-state index contributed by atoms with van der Waals surface area (Å²) in [6, 6.07) is 36.1. The van der Waals surface area contributed by atoms with E-state index in [-0.39, 0.29) is 24.0 Å². The third-order valence-corrected chi connectivity index (χ3v) is 17.1. The molecule has 1 unspecified atom stereocenters. The lowest BCUT2D eigenvalue weighted by Gasteiger charge is -2.13. The molecule has 10 amide bonds. The Morgan fingerprint density at radius 3 is 1.19 bits per heavy atom. The number of rotatable bonds is 15. The molecule has 30 heteroatoms. The van der Waals surface area contributed by atoms with Crippen molar-refractivity contribution in [3.63, 3.8) is 0 Å². The molecular formula is C76H84N24O6. The summed E-state index contributed by atoms with van der Waals surface area (Å²) in [5.41, 5.74) is 40.2. The molecule has 0 saturated carbocycles. The Labute approximate surface area is 610 Å². The van der Waals surface area contributed by atoms with Gasteiger partial charge >= 0.3 is 24.1 Å². The van der Waals surface area contributed by atoms with E-state index < -0.39 is 30.1 Å². The normalized spacial score (nSPS) is 12.6. The third-order valence-electron chi connectivity index (χ3n) is 17.1. The van der Waals surface area contributed by atoms with Gasteiger partial charge in [-0.25, -0.2) is 59.0 Å². The number of likely N-dealkylation sites (tertiary alicyclic amines) is 1. The van der Waals surface area contributed by atoms with Gasteiger partial charge in [0.1, 0.15) is 58.6 Å². The number of benzene rings is 3. The number of carbonyl (C=O) groups excluding carboxylic acids is 6. The van der Waals surface area contributed by atoms with Gasteiger partial charge in [0.25, 0.3) is 0 Å². The van der Waals surface area contributed by atoms with Crippen LogP contribution in [-0.4, -0.2) is 129 Å². The first-order valence-corrected chi connectivity index (χ1v) is 34.1. The molecule has 106 heavy (non-hydrogen) atoms. The van der Waals surface area contributed by atoms with E-state index in [1.54, 1.807) is 72.9 Å². The first-order valence-electron chi connectivity index (χ1n) is 34.1. The summed E-state index contributed by atoms with van der Waals surface area (Å²) >= 11 is 0. The van der Waals surface area contributed by atoms with Crippen molar-refractivity contribution in [3.05, 3.63) is 175 Å². The van der Waals surface area contributed by atoms with Crippen LogP contribution in [0.15, 0.2) is 159 Å². The van der Waals surface area contributed by atoms with Crippen molar-refractivity contribution in [1.29, 1.82) is 0 Å². The van der Waals surface area contributed by atoms with Crippen molar-refractivity contribution >= 4 is 126 Å². The van der Waals surface area contributed by atoms with Gasteiger partial charge in [0, 0.05) is 109 Å². The number of likely N-dealkylation sites (N-methyl/N-ethyl adjacent to an activating group) is 1. The highest BCUT2D eigenvalue weighted by Crippen LogP contribution is 2.34. The van der Waals surface area contributed by atoms with Crippen molar-refractivity contribution in [3.8, 4) is 45.0 Å². The molecule has 2 atom stereocenters. The highest BCUT2D eigenvalue weighted by atomic mass is 16.2. The monoisotopic (exact) mass is 1430 g/mol. The highest BCUT2D eigenvalue weighted by Gasteiger charge is 2.30. The number of nitrogens with zero attached hydrogens (tertiary/aromatic N) is 11. The number of hydrogen-bond acceptors (Lipinski definition) is 19. The summed E-state index contributed by atoms with van der Waals surface area (Å²) in [5.74, 6) is 2.45. The second-order valence-corrected chi connectivity index (χ2v) is 25.0. The standard InChI is InChI=1S/C22H24N6O2.C20H22N6O2.C20H23N5O.C14H15N7O/c1-3-13-6-4-5-7-15(13)18-10-14-11-19(24-12-16(14)20(23)25-18)27-22(30)26-17-8-9-28(2)21(17)29;1-3-12-6-4-5-7-14(12)16-8-13-9-17(23-10-15(13)18(21)25-16)26-20(28)24-11(2)19(22)27;1-4-13-7-5-6-8-15(13)17-9-14-10-18(25-20(26)23-12(2)3)22-11-16(14)19(21)24-17;1-16-14(22)20-12-4-8-3-11(9-5-18-21(2)7-9)19-13(15)10(8)6-17-12/h4-7,10-12,17H,3,8-9H2,1-2H3,(H2,23,25)(H2,24,26,27,30);4-11H,3H2,1-2H3,(H2,21,25)(H2,22,27)(H2,23,24,26,28);5-12H,4H2,1-3H3,(H2,21,24)(H2,22,23,25,26);3-7H,1-2H3,(H2,15,19)(H2,16,17,20,22)/t17-;;;/m1.../s1. The molecule has 10 heterocycles. The van der Waals surface area contributed by atoms with Gasteiger partial charge in [-0.05, 0) is 133 Å². The molecule has 1 fully saturated rings. The molecule has 0 spiro atoms. The number of carbonyl (C=O) groups is 6. The maximum Gasteiger partial charge on any atom is 0.321 e. The van der Waals surface area contributed by atoms with Gasteiger partial charge in [-0.2, -0.15) is 5.10 Å². The molecule has 3 aromatic carbocycles. The van der Waals surface area contributed by atoms with Crippen LogP contribution in [0.3, 0.4) is 0 Å². The van der Waals surface area contributed by atoms with E-state index in [0.29, 0.717) is 70.3 Å². The Hall–Kier alpha value is -13.7. The molecular weight excluding hydrogens is 1340 g/mol. The van der Waals surface area contributed by atoms with E-state index in [1.165, 1.54) is 23.6 Å². The Balaban J connectivity index is 0.000000152. The Morgan fingerprint density at radius 1 is 0.491 bits per heavy atom. The van der Waals surface area contributed by atoms with Crippen LogP contribution in [0.2, 0.25) is 0 Å². The molecule has 18 N–H and O–H groups in total. The van der Waals surface area contributed by atoms with Crippen LogP contribution >= 0.6 is 0 Å². The van der Waals surface area contributed by atoms with Gasteiger partial charge in [0.05, 0.1) is 29.0 Å². The van der Waals surface area contributed by atoms with E-state index in [4.69, 9.17) is 28.7 Å². The zero-order chi connectivity index (χ0) is 75.9. The number of primary amides is 1. The largest absolute Gasteiger partial charge is 0.383 e. The predicted molar refractivity (Wildman–Crippen MR) is 417 cm³/mol. The zero-order valence-corrected chi connectivity index (χ0v) is 60.0. The smallest absolute Gasteiger partial charge is 0.321 e. The van der Waals surface area contributed by atoms with Crippen LogP contribution in [0.4, 0.5) is 65.7 Å². The van der Waals surface area contributed by atoms with Crippen molar-refractivity contribution in [2.45, 2.75) is 85.4 Å². The van der Waals surface area contributed by atoms with Gasteiger partial charge in [0.15, 0.2) is 0 Å². The number of anilines is 8. The van der Waals surface area contributed by atoms with Crippen LogP contribution < -0.4 is 71.2 Å². The van der Waals surface area contributed by atoms with Crippen LogP contribution in [0.1, 0.15) is 64.7 Å². The summed E-state index contributed by atoms with van der Waals surface area (Å²) in [5, 5.41) is 31.4. The number of amides is 10. The van der Waals surface area contributed by atoms with Crippen LogP contribution in [0.25, 0.3) is 88.1 Å². The van der Waals surface area contributed by atoms with E-state index in [9.17, 15) is 28.8 Å². The average Bonchev–Trinajstić information content (AvgIpc) is 1.07. The molecule has 544 valence electrons. The number of pyridine rings is 8. The molecule has 0 bridgehead atoms. The van der Waals surface area contributed by atoms with E-state index in [2.05, 4.69) is 126 Å². The molecule has 9 aromatic heterocycles. The molecule has 1 aliphatic rings. The van der Waals surface area contributed by atoms with E-state index in [0.717, 1.165) is 96.6 Å². The highest BCUT2D eigenvalue weighted by molar-refractivity contribution is 6.02. The Kier molecular flexibility index (Phi) is 24.0. The van der Waals surface area contributed by atoms with E-state index in [1.807, 2.05) is 112 Å². The fourth-order valence-corrected chi connectivity index (χ4v) is 11.6. The Morgan fingerprint density at radius 2 is 0.849 bits per heavy atom. The molecule has 13 rings (SSSR count). The molecule has 12 aromatic rings. The van der Waals surface area contributed by atoms with Crippen molar-refractivity contribution in [1.82, 2.24) is 75.8 Å². The van der Waals surface area contributed by atoms with Gasteiger partial charge < -0.3 is 54.8 Å². The minimum absolute atomic E-state index is 0.0486. The average molecular weight is 1430 g/mol. The molecule has 30 nitrogen and oxygen atoms in total. The number of nitrogens with two attached hydrogens (primary N) is 5. The predicted octanol–water partition coefficient (Wildman–Crippen LogP) is 10.6. The number of nitrogens with one attached hydrogen (secondary N) is 8. The van der Waals surface area contributed by atoms with Gasteiger partial charge in [0.2, 0.25) is 11.8 Å². The number of aromatic nitrogens is 10. The molecule has 1 saturated heterocycles. The first-order chi connectivity index (χ1) is 50.9. The minimum atomic E-state index is -0.794. The van der Waals surface area contributed by atoms with E-state index >= 15 is 0 Å². The summed E-state index contributed by atoms with van der Waals surface area (Å²) in [7, 11) is 5.10. The quantitative estimate of drug-likeness (QED) is 0.0453. The van der Waals surface area contributed by atoms with Crippen molar-refractivity contribution in [2.75, 3.05) is 64.8 Å². The fraction of sp³-hybridized carbons (Fsp3) is 0.224. The molecule has 1 aliphatic heterocycles. The maximum atomic E-state index is 12.3. The second kappa shape index (κ2) is 33.9. The Bertz CT molecular complexity index is 5280. The minimum Gasteiger partial charge on any atom is -0.383 e. The SMILES string of the molecule is CCc1ccccc1-c1cc2cc(NC(=O)NC(C)C(N)=O)ncc2c(N)n1.CCc1ccccc1-c1cc2cc(NC(=O)NC(C)C)ncc2c(N)n1.CCc1ccccc1-c1cc2cc(NC(=O)N[C@@H]3CCN(C)C3=O)ncc2c(N)n1.CNC(=O)Nc1cc2cc(-c3cnn(C)c3)nc(N)c2cn1. The summed E-state index contributed by atoms with van der Waals surface area (Å²) in [6.07, 6.45) is 13.2. The van der Waals surface area contributed by atoms with Crippen LogP contribution in [0.5, 0.6) is 0 Å². The second-order valence-electron chi connectivity index (χ2n) is 25.0. The fourth-order valence-electron chi connectivity index (χ4n) is 11.6.